The predicted octanol–water partition coefficient (Wildman–Crippen LogP) is 3.78. The third kappa shape index (κ3) is 3.58. The Balaban J connectivity index is 2.30. The molecule has 0 aliphatic heterocycles. The fourth-order valence-corrected chi connectivity index (χ4v) is 2.16. The first-order chi connectivity index (χ1) is 9.79. The van der Waals surface area contributed by atoms with Gasteiger partial charge in [-0.05, 0) is 29.2 Å². The van der Waals surface area contributed by atoms with E-state index >= 15 is 0 Å². The van der Waals surface area contributed by atoms with Crippen molar-refractivity contribution < 1.29 is 0 Å². The third-order valence-corrected chi connectivity index (χ3v) is 3.71. The van der Waals surface area contributed by atoms with Gasteiger partial charge in [0.05, 0.1) is 0 Å². The highest BCUT2D eigenvalue weighted by atomic mass is 32.1. The highest BCUT2D eigenvalue weighted by molar-refractivity contribution is 7.80. The van der Waals surface area contributed by atoms with Crippen LogP contribution in [0.15, 0.2) is 42.6 Å². The first-order valence-electron chi connectivity index (χ1n) is 6.89. The standard InChI is InChI=1S/C17H21N3S/c1-17(2,3)13-8-9-15(19-11-13)20(4)14-7-5-6-12(10-14)16(18)21/h5-11H,1-4H3,(H2,18,21). The number of thiocarbonyl (C=S) groups is 1. The minimum atomic E-state index is 0.107. The summed E-state index contributed by atoms with van der Waals surface area (Å²) in [5, 5.41) is 0. The normalized spacial score (nSPS) is 11.2. The number of nitrogens with zero attached hydrogens (tertiary/aromatic N) is 2. The van der Waals surface area contributed by atoms with E-state index in [1.165, 1.54) is 5.56 Å². The van der Waals surface area contributed by atoms with Gasteiger partial charge in [0.1, 0.15) is 10.8 Å². The zero-order valence-electron chi connectivity index (χ0n) is 12.9. The zero-order chi connectivity index (χ0) is 15.6. The molecule has 0 radical (unpaired) electrons. The van der Waals surface area contributed by atoms with Crippen LogP contribution < -0.4 is 10.6 Å². The molecule has 0 atom stereocenters. The lowest BCUT2D eigenvalue weighted by atomic mass is 9.88. The van der Waals surface area contributed by atoms with E-state index in [2.05, 4.69) is 31.8 Å². The van der Waals surface area contributed by atoms with Crippen molar-refractivity contribution >= 4 is 28.7 Å². The van der Waals surface area contributed by atoms with Gasteiger partial charge in [0.2, 0.25) is 0 Å². The Bertz CT molecular complexity index is 642. The van der Waals surface area contributed by atoms with Crippen molar-refractivity contribution in [2.75, 3.05) is 11.9 Å². The zero-order valence-corrected chi connectivity index (χ0v) is 13.7. The van der Waals surface area contributed by atoms with Gasteiger partial charge in [-0.2, -0.15) is 0 Å². The lowest BCUT2D eigenvalue weighted by Crippen LogP contribution is -2.15. The van der Waals surface area contributed by atoms with Crippen molar-refractivity contribution in [3.8, 4) is 0 Å². The van der Waals surface area contributed by atoms with Gasteiger partial charge in [-0.1, -0.05) is 51.2 Å². The molecule has 0 amide bonds. The maximum absolute atomic E-state index is 5.69. The Labute approximate surface area is 131 Å². The Kier molecular flexibility index (Phi) is 4.28. The Hall–Kier alpha value is -1.94. The van der Waals surface area contributed by atoms with E-state index in [0.717, 1.165) is 17.1 Å². The molecule has 2 aromatic rings. The molecule has 2 N–H and O–H groups in total. The first-order valence-corrected chi connectivity index (χ1v) is 7.30. The third-order valence-electron chi connectivity index (χ3n) is 3.48. The van der Waals surface area contributed by atoms with Crippen LogP contribution in [0.4, 0.5) is 11.5 Å². The predicted molar refractivity (Wildman–Crippen MR) is 93.3 cm³/mol. The van der Waals surface area contributed by atoms with Gasteiger partial charge in [-0.3, -0.25) is 0 Å². The quantitative estimate of drug-likeness (QED) is 0.876. The van der Waals surface area contributed by atoms with Crippen LogP contribution in [0.3, 0.4) is 0 Å². The molecular weight excluding hydrogens is 278 g/mol. The van der Waals surface area contributed by atoms with Crippen molar-refractivity contribution in [2.24, 2.45) is 5.73 Å². The van der Waals surface area contributed by atoms with Gasteiger partial charge in [-0.15, -0.1) is 0 Å². The van der Waals surface area contributed by atoms with E-state index < -0.39 is 0 Å². The molecular formula is C17H21N3S. The van der Waals surface area contributed by atoms with Crippen LogP contribution in [0.2, 0.25) is 0 Å². The second-order valence-corrected chi connectivity index (χ2v) is 6.57. The summed E-state index contributed by atoms with van der Waals surface area (Å²) in [6.07, 6.45) is 1.93. The van der Waals surface area contributed by atoms with Gasteiger partial charge in [0.25, 0.3) is 0 Å². The van der Waals surface area contributed by atoms with Crippen LogP contribution in [0, 0.1) is 0 Å². The molecule has 1 heterocycles. The van der Waals surface area contributed by atoms with E-state index in [0.29, 0.717) is 4.99 Å². The second-order valence-electron chi connectivity index (χ2n) is 6.13. The van der Waals surface area contributed by atoms with Crippen LogP contribution in [0.5, 0.6) is 0 Å². The largest absolute Gasteiger partial charge is 0.389 e. The molecule has 110 valence electrons. The van der Waals surface area contributed by atoms with Gasteiger partial charge < -0.3 is 10.6 Å². The molecule has 1 aromatic carbocycles. The molecule has 4 heteroatoms. The first kappa shape index (κ1) is 15.4. The van der Waals surface area contributed by atoms with Crippen molar-refractivity contribution in [2.45, 2.75) is 26.2 Å². The van der Waals surface area contributed by atoms with Crippen molar-refractivity contribution in [1.29, 1.82) is 0 Å². The van der Waals surface area contributed by atoms with Crippen molar-refractivity contribution in [1.82, 2.24) is 4.98 Å². The van der Waals surface area contributed by atoms with Crippen LogP contribution in [0.25, 0.3) is 0 Å². The number of rotatable bonds is 3. The lowest BCUT2D eigenvalue weighted by molar-refractivity contribution is 0.587. The summed E-state index contributed by atoms with van der Waals surface area (Å²) in [4.78, 5) is 6.98. The lowest BCUT2D eigenvalue weighted by Gasteiger charge is -2.22. The summed E-state index contributed by atoms with van der Waals surface area (Å²) in [5.41, 5.74) is 8.88. The minimum Gasteiger partial charge on any atom is -0.389 e. The van der Waals surface area contributed by atoms with E-state index in [9.17, 15) is 0 Å². The maximum atomic E-state index is 5.69. The summed E-state index contributed by atoms with van der Waals surface area (Å²) in [5.74, 6) is 0.892. The van der Waals surface area contributed by atoms with Gasteiger partial charge in [0.15, 0.2) is 0 Å². The summed E-state index contributed by atoms with van der Waals surface area (Å²) in [6, 6.07) is 12.0. The summed E-state index contributed by atoms with van der Waals surface area (Å²) in [6.45, 7) is 6.54. The molecule has 21 heavy (non-hydrogen) atoms. The Morgan fingerprint density at radius 1 is 1.19 bits per heavy atom. The van der Waals surface area contributed by atoms with Crippen LogP contribution >= 0.6 is 12.2 Å². The molecule has 0 saturated carbocycles. The minimum absolute atomic E-state index is 0.107. The maximum Gasteiger partial charge on any atom is 0.132 e. The molecule has 0 aliphatic rings. The van der Waals surface area contributed by atoms with Crippen molar-refractivity contribution in [3.05, 3.63) is 53.7 Å². The number of hydrogen-bond acceptors (Lipinski definition) is 3. The molecule has 2 rings (SSSR count). The number of nitrogens with two attached hydrogens (primary N) is 1. The molecule has 0 unspecified atom stereocenters. The van der Waals surface area contributed by atoms with E-state index in [1.807, 2.05) is 48.5 Å². The molecule has 0 bridgehead atoms. The number of benzene rings is 1. The number of anilines is 2. The monoisotopic (exact) mass is 299 g/mol. The summed E-state index contributed by atoms with van der Waals surface area (Å²) >= 11 is 5.03. The van der Waals surface area contributed by atoms with Crippen LogP contribution in [-0.2, 0) is 5.41 Å². The second kappa shape index (κ2) is 5.82. The smallest absolute Gasteiger partial charge is 0.132 e. The molecule has 3 nitrogen and oxygen atoms in total. The highest BCUT2D eigenvalue weighted by Gasteiger charge is 2.14. The molecule has 1 aromatic heterocycles. The average molecular weight is 299 g/mol. The van der Waals surface area contributed by atoms with Gasteiger partial charge in [0, 0.05) is 24.5 Å². The van der Waals surface area contributed by atoms with Crippen LogP contribution in [-0.4, -0.2) is 17.0 Å². The molecule has 0 saturated heterocycles. The number of hydrogen-bond donors (Lipinski definition) is 1. The van der Waals surface area contributed by atoms with Gasteiger partial charge in [-0.25, -0.2) is 4.98 Å². The number of aromatic nitrogens is 1. The van der Waals surface area contributed by atoms with Crippen molar-refractivity contribution in [3.63, 3.8) is 0 Å². The summed E-state index contributed by atoms with van der Waals surface area (Å²) in [7, 11) is 1.98. The fraction of sp³-hybridized carbons (Fsp3) is 0.294. The SMILES string of the molecule is CN(c1cccc(C(N)=S)c1)c1ccc(C(C)(C)C)cn1. The highest BCUT2D eigenvalue weighted by Crippen LogP contribution is 2.26. The Morgan fingerprint density at radius 3 is 2.43 bits per heavy atom. The summed E-state index contributed by atoms with van der Waals surface area (Å²) < 4.78 is 0. The van der Waals surface area contributed by atoms with E-state index in [1.54, 1.807) is 0 Å². The molecule has 0 fully saturated rings. The van der Waals surface area contributed by atoms with E-state index in [4.69, 9.17) is 18.0 Å². The number of pyridine rings is 1. The fourth-order valence-electron chi connectivity index (χ4n) is 2.03. The molecule has 0 aliphatic carbocycles. The molecule has 0 spiro atoms. The topological polar surface area (TPSA) is 42.1 Å². The Morgan fingerprint density at radius 2 is 1.90 bits per heavy atom. The van der Waals surface area contributed by atoms with Gasteiger partial charge >= 0.3 is 0 Å². The van der Waals surface area contributed by atoms with Crippen LogP contribution in [0.1, 0.15) is 31.9 Å². The average Bonchev–Trinajstić information content (AvgIpc) is 2.46. The van der Waals surface area contributed by atoms with E-state index in [-0.39, 0.29) is 5.41 Å².